The van der Waals surface area contributed by atoms with Crippen LogP contribution in [-0.2, 0) is 30.3 Å². The Morgan fingerprint density at radius 3 is 2.50 bits per heavy atom. The number of carbonyl (C=O) groups excluding carboxylic acids is 3. The Balaban J connectivity index is 1.91. The highest BCUT2D eigenvalue weighted by Gasteiger charge is 2.57. The van der Waals surface area contributed by atoms with Crippen LogP contribution < -0.4 is 14.8 Å². The van der Waals surface area contributed by atoms with E-state index in [0.717, 1.165) is 12.0 Å². The fourth-order valence-electron chi connectivity index (χ4n) is 5.80. The fraction of sp³-hybridized carbons (Fsp3) is 0.621. The predicted octanol–water partition coefficient (Wildman–Crippen LogP) is 3.50. The van der Waals surface area contributed by atoms with Gasteiger partial charge in [-0.2, -0.15) is 0 Å². The number of rotatable bonds is 12. The topological polar surface area (TPSA) is 103 Å². The molecule has 3 rings (SSSR count). The molecule has 9 heteroatoms. The molecule has 1 fully saturated rings. The lowest BCUT2D eigenvalue weighted by molar-refractivity contribution is -0.162. The zero-order valence-electron chi connectivity index (χ0n) is 23.6. The van der Waals surface area contributed by atoms with Gasteiger partial charge in [0, 0.05) is 44.8 Å². The van der Waals surface area contributed by atoms with Crippen LogP contribution in [0.4, 0.5) is 0 Å². The molecule has 1 aliphatic carbocycles. The van der Waals surface area contributed by atoms with Crippen LogP contribution in [0.2, 0.25) is 0 Å². The van der Waals surface area contributed by atoms with Crippen molar-refractivity contribution in [3.8, 4) is 11.5 Å². The number of methoxy groups -OCH3 is 4. The molecule has 210 valence electrons. The van der Waals surface area contributed by atoms with Crippen molar-refractivity contribution in [1.82, 2.24) is 10.2 Å². The van der Waals surface area contributed by atoms with Crippen molar-refractivity contribution in [3.05, 3.63) is 35.5 Å². The zero-order chi connectivity index (χ0) is 27.9. The number of piperidine rings is 1. The van der Waals surface area contributed by atoms with Crippen LogP contribution >= 0.6 is 0 Å². The van der Waals surface area contributed by atoms with Crippen LogP contribution in [-0.4, -0.2) is 70.8 Å². The summed E-state index contributed by atoms with van der Waals surface area (Å²) in [5.41, 5.74) is 0.531. The summed E-state index contributed by atoms with van der Waals surface area (Å²) in [7, 11) is 6.17. The Morgan fingerprint density at radius 1 is 1.11 bits per heavy atom. The predicted molar refractivity (Wildman–Crippen MR) is 143 cm³/mol. The summed E-state index contributed by atoms with van der Waals surface area (Å²) in [4.78, 5) is 41.8. The molecule has 2 amide bonds. The molecule has 1 saturated heterocycles. The summed E-state index contributed by atoms with van der Waals surface area (Å²) in [6.07, 6.45) is 4.81. The molecule has 1 aromatic rings. The van der Waals surface area contributed by atoms with E-state index in [2.05, 4.69) is 19.2 Å². The summed E-state index contributed by atoms with van der Waals surface area (Å²) >= 11 is 0. The molecular formula is C29H42N2O7. The standard InChI is InChI=1S/C29H42N2O7/c1-28(2)12-10-24-29(19-28,27(34)38-6)18-21(17-25(32)30-13-7-15-35-3)26(33)31(24)14-11-20-8-9-22(36-4)23(16-20)37-5/h8-10,16,21H,7,11-15,17-19H2,1-6H3,(H,30,32)/t21-,29-/m1/s1. The number of fused-ring (bicyclic) bond motifs is 1. The van der Waals surface area contributed by atoms with Gasteiger partial charge in [-0.05, 0) is 55.2 Å². The molecule has 0 saturated carbocycles. The Hall–Kier alpha value is -3.07. The highest BCUT2D eigenvalue weighted by molar-refractivity contribution is 5.92. The van der Waals surface area contributed by atoms with Crippen LogP contribution in [0.5, 0.6) is 11.5 Å². The van der Waals surface area contributed by atoms with E-state index < -0.39 is 11.3 Å². The van der Waals surface area contributed by atoms with Crippen LogP contribution in [0.25, 0.3) is 0 Å². The lowest BCUT2D eigenvalue weighted by atomic mass is 9.59. The van der Waals surface area contributed by atoms with Crippen LogP contribution in [0.15, 0.2) is 30.0 Å². The van der Waals surface area contributed by atoms with Gasteiger partial charge in [0.15, 0.2) is 11.5 Å². The first-order chi connectivity index (χ1) is 18.1. The van der Waals surface area contributed by atoms with Gasteiger partial charge in [-0.1, -0.05) is 26.0 Å². The van der Waals surface area contributed by atoms with Crippen molar-refractivity contribution in [1.29, 1.82) is 0 Å². The number of nitrogens with one attached hydrogen (secondary N) is 1. The third-order valence-corrected chi connectivity index (χ3v) is 7.55. The van der Waals surface area contributed by atoms with E-state index in [1.165, 1.54) is 7.11 Å². The summed E-state index contributed by atoms with van der Waals surface area (Å²) in [5.74, 6) is -0.0900. The number of benzene rings is 1. The maximum atomic E-state index is 13.8. The number of amides is 2. The fourth-order valence-corrected chi connectivity index (χ4v) is 5.80. The van der Waals surface area contributed by atoms with Gasteiger partial charge in [0.25, 0.3) is 0 Å². The molecule has 0 aromatic heterocycles. The number of ether oxygens (including phenoxy) is 4. The summed E-state index contributed by atoms with van der Waals surface area (Å²) < 4.78 is 21.2. The minimum Gasteiger partial charge on any atom is -0.493 e. The van der Waals surface area contributed by atoms with Crippen LogP contribution in [0.1, 0.15) is 51.5 Å². The van der Waals surface area contributed by atoms with Crippen molar-refractivity contribution >= 4 is 17.8 Å². The third kappa shape index (κ3) is 6.49. The Morgan fingerprint density at radius 2 is 1.84 bits per heavy atom. The highest BCUT2D eigenvalue weighted by Crippen LogP contribution is 2.54. The molecule has 0 radical (unpaired) electrons. The van der Waals surface area contributed by atoms with E-state index in [9.17, 15) is 14.4 Å². The van der Waals surface area contributed by atoms with Gasteiger partial charge in [0.1, 0.15) is 5.41 Å². The lowest BCUT2D eigenvalue weighted by Gasteiger charge is -2.51. The molecule has 9 nitrogen and oxygen atoms in total. The molecule has 1 N–H and O–H groups in total. The number of likely N-dealkylation sites (tertiary alicyclic amines) is 1. The Kier molecular flexibility index (Phi) is 9.82. The molecule has 0 spiro atoms. The summed E-state index contributed by atoms with van der Waals surface area (Å²) in [6.45, 7) is 5.61. The number of hydrogen-bond acceptors (Lipinski definition) is 7. The number of esters is 1. The largest absolute Gasteiger partial charge is 0.493 e. The van der Waals surface area contributed by atoms with Gasteiger partial charge in [-0.25, -0.2) is 0 Å². The minimum atomic E-state index is -0.983. The quantitative estimate of drug-likeness (QED) is 0.326. The van der Waals surface area contributed by atoms with Crippen LogP contribution in [0, 0.1) is 16.7 Å². The van der Waals surface area contributed by atoms with Gasteiger partial charge in [-0.3, -0.25) is 14.4 Å². The average molecular weight is 531 g/mol. The maximum absolute atomic E-state index is 13.8. The van der Waals surface area contributed by atoms with Gasteiger partial charge in [0.05, 0.1) is 21.3 Å². The maximum Gasteiger partial charge on any atom is 0.317 e. The molecule has 38 heavy (non-hydrogen) atoms. The van der Waals surface area contributed by atoms with Gasteiger partial charge >= 0.3 is 5.97 Å². The lowest BCUT2D eigenvalue weighted by Crippen LogP contribution is -2.56. The zero-order valence-corrected chi connectivity index (χ0v) is 23.6. The van der Waals surface area contributed by atoms with Gasteiger partial charge < -0.3 is 29.2 Å². The Bertz CT molecular complexity index is 1050. The number of hydrogen-bond donors (Lipinski definition) is 1. The molecule has 0 unspecified atom stereocenters. The van der Waals surface area contributed by atoms with Crippen molar-refractivity contribution < 1.29 is 33.3 Å². The van der Waals surface area contributed by atoms with Gasteiger partial charge in [-0.15, -0.1) is 0 Å². The number of nitrogens with zero attached hydrogens (tertiary/aromatic N) is 1. The van der Waals surface area contributed by atoms with E-state index in [4.69, 9.17) is 18.9 Å². The average Bonchev–Trinajstić information content (AvgIpc) is 2.90. The molecule has 0 bridgehead atoms. The van der Waals surface area contributed by atoms with E-state index in [-0.39, 0.29) is 36.0 Å². The molecule has 1 heterocycles. The monoisotopic (exact) mass is 530 g/mol. The summed E-state index contributed by atoms with van der Waals surface area (Å²) in [5, 5.41) is 2.88. The number of carbonyl (C=O) groups is 3. The third-order valence-electron chi connectivity index (χ3n) is 7.55. The van der Waals surface area contributed by atoms with E-state index in [1.807, 2.05) is 24.3 Å². The van der Waals surface area contributed by atoms with Crippen molar-refractivity contribution in [3.63, 3.8) is 0 Å². The smallest absolute Gasteiger partial charge is 0.317 e. The minimum absolute atomic E-state index is 0.0190. The van der Waals surface area contributed by atoms with E-state index in [1.54, 1.807) is 26.2 Å². The van der Waals surface area contributed by atoms with Crippen molar-refractivity contribution in [2.75, 3.05) is 48.1 Å². The second-order valence-electron chi connectivity index (χ2n) is 10.9. The highest BCUT2D eigenvalue weighted by atomic mass is 16.5. The van der Waals surface area contributed by atoms with Gasteiger partial charge in [0.2, 0.25) is 11.8 Å². The Labute approximate surface area is 225 Å². The molecule has 1 aliphatic heterocycles. The van der Waals surface area contributed by atoms with E-state index >= 15 is 0 Å². The first-order valence-electron chi connectivity index (χ1n) is 13.2. The molecule has 2 aliphatic rings. The second-order valence-corrected chi connectivity index (χ2v) is 10.9. The molecule has 1 aromatic carbocycles. The summed E-state index contributed by atoms with van der Waals surface area (Å²) in [6, 6.07) is 5.67. The first kappa shape index (κ1) is 29.5. The second kappa shape index (κ2) is 12.7. The van der Waals surface area contributed by atoms with E-state index in [0.29, 0.717) is 56.2 Å². The molecular weight excluding hydrogens is 488 g/mol. The SMILES string of the molecule is COCCCNC(=O)C[C@@H]1C[C@@]2(C(=O)OC)CC(C)(C)CC=C2N(CCc2ccc(OC)c(OC)c2)C1=O. The molecule has 2 atom stereocenters. The van der Waals surface area contributed by atoms with Crippen molar-refractivity contribution in [2.45, 2.75) is 52.4 Å². The first-order valence-corrected chi connectivity index (χ1v) is 13.2. The van der Waals surface area contributed by atoms with Crippen molar-refractivity contribution in [2.24, 2.45) is 16.7 Å². The normalized spacial score (nSPS) is 22.3. The van der Waals surface area contributed by atoms with Crippen LogP contribution in [0.3, 0.4) is 0 Å². The number of allylic oxidation sites excluding steroid dienone is 1.